The molecule has 0 aliphatic heterocycles. The Hall–Kier alpha value is -1.89. The van der Waals surface area contributed by atoms with Crippen molar-refractivity contribution in [3.05, 3.63) is 23.1 Å². The zero-order valence-corrected chi connectivity index (χ0v) is 10.7. The van der Waals surface area contributed by atoms with Crippen LogP contribution in [0.5, 0.6) is 6.01 Å². The van der Waals surface area contributed by atoms with Crippen LogP contribution in [0, 0.1) is 0 Å². The highest BCUT2D eigenvalue weighted by Crippen LogP contribution is 2.12. The summed E-state index contributed by atoms with van der Waals surface area (Å²) in [6.07, 6.45) is 2.50. The van der Waals surface area contributed by atoms with Crippen LogP contribution in [0.15, 0.2) is 10.6 Å². The molecule has 1 N–H and O–H groups in total. The van der Waals surface area contributed by atoms with Crippen molar-refractivity contribution in [2.75, 3.05) is 12.4 Å². The average molecular weight is 270 g/mol. The first-order valence-electron chi connectivity index (χ1n) is 5.34. The largest absolute Gasteiger partial charge is 0.467 e. The second-order valence-corrected chi connectivity index (χ2v) is 3.68. The topological polar surface area (TPSA) is 86.0 Å². The fourth-order valence-corrected chi connectivity index (χ4v) is 1.40. The van der Waals surface area contributed by atoms with Crippen molar-refractivity contribution in [1.82, 2.24) is 19.9 Å². The molecule has 96 valence electrons. The standard InChI is InChI=1S/C10H12ClN5O2/c1-3-6-4-12-7(18-6)5-13-9-14-8(11)15-10(16-9)17-2/h4H,3,5H2,1-2H3,(H,13,14,15,16). The third-order valence-electron chi connectivity index (χ3n) is 2.12. The van der Waals surface area contributed by atoms with E-state index in [0.717, 1.165) is 12.2 Å². The van der Waals surface area contributed by atoms with Gasteiger partial charge in [0.05, 0.1) is 19.9 Å². The molecule has 0 aromatic carbocycles. The average Bonchev–Trinajstić information content (AvgIpc) is 2.83. The first-order chi connectivity index (χ1) is 8.71. The minimum atomic E-state index is 0.0611. The van der Waals surface area contributed by atoms with E-state index in [1.165, 1.54) is 7.11 Å². The summed E-state index contributed by atoms with van der Waals surface area (Å²) in [5.74, 6) is 1.70. The van der Waals surface area contributed by atoms with E-state index in [9.17, 15) is 0 Å². The number of anilines is 1. The maximum atomic E-state index is 5.72. The third kappa shape index (κ3) is 3.07. The first-order valence-corrected chi connectivity index (χ1v) is 5.72. The van der Waals surface area contributed by atoms with Crippen LogP contribution in [-0.2, 0) is 13.0 Å². The SMILES string of the molecule is CCc1cnc(CNc2nc(Cl)nc(OC)n2)o1. The molecule has 0 aliphatic carbocycles. The van der Waals surface area contributed by atoms with Crippen molar-refractivity contribution < 1.29 is 9.15 Å². The van der Waals surface area contributed by atoms with Gasteiger partial charge in [0.2, 0.25) is 17.1 Å². The number of ether oxygens (including phenoxy) is 1. The van der Waals surface area contributed by atoms with Crippen molar-refractivity contribution in [1.29, 1.82) is 0 Å². The lowest BCUT2D eigenvalue weighted by Gasteiger charge is -2.03. The lowest BCUT2D eigenvalue weighted by Crippen LogP contribution is -2.06. The van der Waals surface area contributed by atoms with Gasteiger partial charge in [-0.3, -0.25) is 0 Å². The van der Waals surface area contributed by atoms with Gasteiger partial charge in [-0.2, -0.15) is 15.0 Å². The number of rotatable bonds is 5. The van der Waals surface area contributed by atoms with E-state index in [0.29, 0.717) is 18.4 Å². The maximum Gasteiger partial charge on any atom is 0.322 e. The summed E-state index contributed by atoms with van der Waals surface area (Å²) in [4.78, 5) is 15.8. The summed E-state index contributed by atoms with van der Waals surface area (Å²) >= 11 is 5.72. The summed E-state index contributed by atoms with van der Waals surface area (Å²) in [6.45, 7) is 2.36. The monoisotopic (exact) mass is 269 g/mol. The summed E-state index contributed by atoms with van der Waals surface area (Å²) in [7, 11) is 1.46. The molecule has 2 heterocycles. The van der Waals surface area contributed by atoms with Gasteiger partial charge in [-0.1, -0.05) is 6.92 Å². The molecule has 0 fully saturated rings. The van der Waals surface area contributed by atoms with Crippen LogP contribution >= 0.6 is 11.6 Å². The smallest absolute Gasteiger partial charge is 0.322 e. The number of halogens is 1. The highest BCUT2D eigenvalue weighted by Gasteiger charge is 2.07. The van der Waals surface area contributed by atoms with Gasteiger partial charge < -0.3 is 14.5 Å². The number of nitrogens with zero attached hydrogens (tertiary/aromatic N) is 4. The van der Waals surface area contributed by atoms with Gasteiger partial charge in [-0.05, 0) is 11.6 Å². The number of oxazole rings is 1. The Labute approximate surface area is 109 Å². The van der Waals surface area contributed by atoms with E-state index in [1.807, 2.05) is 6.92 Å². The van der Waals surface area contributed by atoms with Gasteiger partial charge in [0.25, 0.3) is 0 Å². The molecule has 0 radical (unpaired) electrons. The number of methoxy groups -OCH3 is 1. The molecule has 0 unspecified atom stereocenters. The lowest BCUT2D eigenvalue weighted by molar-refractivity contribution is 0.378. The Bertz CT molecular complexity index is 531. The summed E-state index contributed by atoms with van der Waals surface area (Å²) in [5, 5.41) is 2.99. The van der Waals surface area contributed by atoms with E-state index in [4.69, 9.17) is 20.8 Å². The van der Waals surface area contributed by atoms with Crippen molar-refractivity contribution in [2.24, 2.45) is 0 Å². The van der Waals surface area contributed by atoms with Crippen LogP contribution in [0.4, 0.5) is 5.95 Å². The van der Waals surface area contributed by atoms with Crippen LogP contribution < -0.4 is 10.1 Å². The molecule has 18 heavy (non-hydrogen) atoms. The molecular weight excluding hydrogens is 258 g/mol. The molecule has 8 heteroatoms. The number of aryl methyl sites for hydroxylation is 1. The second-order valence-electron chi connectivity index (χ2n) is 3.34. The minimum Gasteiger partial charge on any atom is -0.467 e. The Kier molecular flexibility index (Phi) is 3.93. The summed E-state index contributed by atoms with van der Waals surface area (Å²) in [5.41, 5.74) is 0. The van der Waals surface area contributed by atoms with Gasteiger partial charge in [0, 0.05) is 6.42 Å². The van der Waals surface area contributed by atoms with Crippen LogP contribution in [-0.4, -0.2) is 27.0 Å². The van der Waals surface area contributed by atoms with E-state index >= 15 is 0 Å². The molecule has 2 aromatic rings. The van der Waals surface area contributed by atoms with E-state index < -0.39 is 0 Å². The molecule has 0 aliphatic rings. The first kappa shape index (κ1) is 12.6. The van der Waals surface area contributed by atoms with E-state index in [-0.39, 0.29) is 11.3 Å². The van der Waals surface area contributed by atoms with Crippen LogP contribution in [0.3, 0.4) is 0 Å². The third-order valence-corrected chi connectivity index (χ3v) is 2.29. The summed E-state index contributed by atoms with van der Waals surface area (Å²) in [6, 6.07) is 0.152. The molecule has 0 atom stereocenters. The van der Waals surface area contributed by atoms with Crippen LogP contribution in [0.25, 0.3) is 0 Å². The zero-order valence-electron chi connectivity index (χ0n) is 9.97. The fourth-order valence-electron chi connectivity index (χ4n) is 1.25. The van der Waals surface area contributed by atoms with Crippen molar-refractivity contribution in [3.63, 3.8) is 0 Å². The predicted octanol–water partition coefficient (Wildman–Crippen LogP) is 1.70. The Balaban J connectivity index is 2.03. The Morgan fingerprint density at radius 2 is 2.22 bits per heavy atom. The van der Waals surface area contributed by atoms with E-state index in [2.05, 4.69) is 25.3 Å². The van der Waals surface area contributed by atoms with Crippen molar-refractivity contribution >= 4 is 17.5 Å². The van der Waals surface area contributed by atoms with Crippen molar-refractivity contribution in [3.8, 4) is 6.01 Å². The van der Waals surface area contributed by atoms with Gasteiger partial charge in [-0.15, -0.1) is 0 Å². The molecular formula is C10H12ClN5O2. The molecule has 2 rings (SSSR count). The molecule has 2 aromatic heterocycles. The molecule has 0 spiro atoms. The normalized spacial score (nSPS) is 10.4. The number of hydrogen-bond acceptors (Lipinski definition) is 7. The van der Waals surface area contributed by atoms with Gasteiger partial charge >= 0.3 is 6.01 Å². The Morgan fingerprint density at radius 1 is 1.39 bits per heavy atom. The molecule has 0 saturated heterocycles. The summed E-state index contributed by atoms with van der Waals surface area (Å²) < 4.78 is 10.3. The van der Waals surface area contributed by atoms with Gasteiger partial charge in [-0.25, -0.2) is 4.98 Å². The van der Waals surface area contributed by atoms with E-state index in [1.54, 1.807) is 6.20 Å². The molecule has 0 bridgehead atoms. The number of hydrogen-bond donors (Lipinski definition) is 1. The van der Waals surface area contributed by atoms with Crippen LogP contribution in [0.1, 0.15) is 18.6 Å². The number of aromatic nitrogens is 4. The second kappa shape index (κ2) is 5.63. The molecule has 0 amide bonds. The lowest BCUT2D eigenvalue weighted by atomic mass is 10.4. The fraction of sp³-hybridized carbons (Fsp3) is 0.400. The maximum absolute atomic E-state index is 5.72. The Morgan fingerprint density at radius 3 is 2.89 bits per heavy atom. The van der Waals surface area contributed by atoms with Gasteiger partial charge in [0.15, 0.2) is 0 Å². The highest BCUT2D eigenvalue weighted by molar-refractivity contribution is 6.28. The van der Waals surface area contributed by atoms with Crippen LogP contribution in [0.2, 0.25) is 5.28 Å². The highest BCUT2D eigenvalue weighted by atomic mass is 35.5. The predicted molar refractivity (Wildman–Crippen MR) is 64.6 cm³/mol. The number of nitrogens with one attached hydrogen (secondary N) is 1. The molecule has 0 saturated carbocycles. The minimum absolute atomic E-state index is 0.0611. The zero-order chi connectivity index (χ0) is 13.0. The van der Waals surface area contributed by atoms with Gasteiger partial charge in [0.1, 0.15) is 5.76 Å². The molecule has 7 nitrogen and oxygen atoms in total. The quantitative estimate of drug-likeness (QED) is 0.884. The van der Waals surface area contributed by atoms with Crippen molar-refractivity contribution in [2.45, 2.75) is 19.9 Å².